The zero-order chi connectivity index (χ0) is 12.5. The standard InChI is InChI=1S/C10H15N3O3S/c1-6-10(15,2-3-16-6)5-12-8(14)7-4-17-9(11)13-7/h4,6,15H,2-3,5H2,1H3,(H2,11,13)(H,12,14). The van der Waals surface area contributed by atoms with Gasteiger partial charge in [0.25, 0.3) is 5.91 Å². The van der Waals surface area contributed by atoms with Crippen molar-refractivity contribution in [3.8, 4) is 0 Å². The van der Waals surface area contributed by atoms with E-state index in [0.29, 0.717) is 18.2 Å². The number of carbonyl (C=O) groups excluding carboxylic acids is 1. The second kappa shape index (κ2) is 4.59. The molecule has 0 bridgehead atoms. The van der Waals surface area contributed by atoms with Crippen LogP contribution in [0.25, 0.3) is 0 Å². The molecule has 2 rings (SSSR count). The van der Waals surface area contributed by atoms with E-state index in [1.54, 1.807) is 12.3 Å². The molecule has 1 aliphatic heterocycles. The van der Waals surface area contributed by atoms with Crippen molar-refractivity contribution in [2.45, 2.75) is 25.0 Å². The molecule has 1 fully saturated rings. The summed E-state index contributed by atoms with van der Waals surface area (Å²) in [5.41, 5.74) is 4.73. The molecular weight excluding hydrogens is 242 g/mol. The van der Waals surface area contributed by atoms with E-state index in [-0.39, 0.29) is 24.2 Å². The summed E-state index contributed by atoms with van der Waals surface area (Å²) in [7, 11) is 0. The first-order valence-electron chi connectivity index (χ1n) is 5.34. The Bertz CT molecular complexity index is 423. The number of hydrogen-bond acceptors (Lipinski definition) is 6. The third-order valence-electron chi connectivity index (χ3n) is 2.97. The van der Waals surface area contributed by atoms with Crippen LogP contribution >= 0.6 is 11.3 Å². The molecular formula is C10H15N3O3S. The molecule has 2 heterocycles. The first kappa shape index (κ1) is 12.3. The number of aromatic nitrogens is 1. The van der Waals surface area contributed by atoms with Gasteiger partial charge in [-0.25, -0.2) is 4.98 Å². The Morgan fingerprint density at radius 1 is 1.88 bits per heavy atom. The second-order valence-corrected chi connectivity index (χ2v) is 5.01. The number of amides is 1. The zero-order valence-electron chi connectivity index (χ0n) is 9.47. The quantitative estimate of drug-likeness (QED) is 0.708. The first-order valence-corrected chi connectivity index (χ1v) is 6.22. The molecule has 1 amide bonds. The number of anilines is 1. The average Bonchev–Trinajstić information content (AvgIpc) is 2.84. The van der Waals surface area contributed by atoms with Gasteiger partial charge >= 0.3 is 0 Å². The van der Waals surface area contributed by atoms with Gasteiger partial charge in [0.15, 0.2) is 5.13 Å². The van der Waals surface area contributed by atoms with Crippen molar-refractivity contribution in [3.63, 3.8) is 0 Å². The minimum absolute atomic E-state index is 0.157. The fourth-order valence-corrected chi connectivity index (χ4v) is 2.26. The lowest BCUT2D eigenvalue weighted by molar-refractivity contribution is -0.0251. The number of nitrogens with zero attached hydrogens (tertiary/aromatic N) is 1. The molecule has 0 spiro atoms. The van der Waals surface area contributed by atoms with Crippen molar-refractivity contribution in [1.29, 1.82) is 0 Å². The Hall–Kier alpha value is -1.18. The minimum atomic E-state index is -0.989. The molecule has 0 aromatic carbocycles. The van der Waals surface area contributed by atoms with Crippen molar-refractivity contribution in [2.24, 2.45) is 0 Å². The van der Waals surface area contributed by atoms with Gasteiger partial charge < -0.3 is 20.9 Å². The summed E-state index contributed by atoms with van der Waals surface area (Å²) in [4.78, 5) is 15.6. The van der Waals surface area contributed by atoms with Crippen molar-refractivity contribution in [3.05, 3.63) is 11.1 Å². The summed E-state index contributed by atoms with van der Waals surface area (Å²) >= 11 is 1.21. The molecule has 94 valence electrons. The maximum absolute atomic E-state index is 11.7. The van der Waals surface area contributed by atoms with Gasteiger partial charge in [-0.2, -0.15) is 0 Å². The number of nitrogens with two attached hydrogens (primary N) is 1. The van der Waals surface area contributed by atoms with Crippen LogP contribution in [0.2, 0.25) is 0 Å². The molecule has 2 atom stereocenters. The average molecular weight is 257 g/mol. The third kappa shape index (κ3) is 2.56. The van der Waals surface area contributed by atoms with Gasteiger partial charge in [-0.15, -0.1) is 11.3 Å². The van der Waals surface area contributed by atoms with Crippen LogP contribution in [0, 0.1) is 0 Å². The summed E-state index contributed by atoms with van der Waals surface area (Å²) in [6.07, 6.45) is 0.247. The van der Waals surface area contributed by atoms with Crippen LogP contribution in [0.5, 0.6) is 0 Å². The Morgan fingerprint density at radius 3 is 3.18 bits per heavy atom. The van der Waals surface area contributed by atoms with Crippen LogP contribution in [-0.4, -0.2) is 40.9 Å². The third-order valence-corrected chi connectivity index (χ3v) is 3.64. The van der Waals surface area contributed by atoms with Crippen LogP contribution in [0.15, 0.2) is 5.38 Å². The number of carbonyl (C=O) groups is 1. The lowest BCUT2D eigenvalue weighted by Crippen LogP contribution is -2.47. The first-order chi connectivity index (χ1) is 8.01. The molecule has 0 aliphatic carbocycles. The predicted octanol–water partition coefficient (Wildman–Crippen LogP) is -0.00500. The molecule has 1 saturated heterocycles. The number of aliphatic hydroxyl groups is 1. The van der Waals surface area contributed by atoms with Crippen molar-refractivity contribution in [1.82, 2.24) is 10.3 Å². The van der Waals surface area contributed by atoms with Gasteiger partial charge in [-0.1, -0.05) is 0 Å². The molecule has 2 unspecified atom stereocenters. The zero-order valence-corrected chi connectivity index (χ0v) is 10.3. The van der Waals surface area contributed by atoms with E-state index < -0.39 is 5.60 Å². The molecule has 0 saturated carbocycles. The monoisotopic (exact) mass is 257 g/mol. The summed E-state index contributed by atoms with van der Waals surface area (Å²) in [6, 6.07) is 0. The lowest BCUT2D eigenvalue weighted by Gasteiger charge is -2.25. The maximum Gasteiger partial charge on any atom is 0.270 e. The molecule has 7 heteroatoms. The van der Waals surface area contributed by atoms with E-state index >= 15 is 0 Å². The summed E-state index contributed by atoms with van der Waals surface area (Å²) in [6.45, 7) is 2.46. The fourth-order valence-electron chi connectivity index (χ4n) is 1.72. The molecule has 1 aromatic rings. The molecule has 6 nitrogen and oxygen atoms in total. The molecule has 1 aliphatic rings. The highest BCUT2D eigenvalue weighted by atomic mass is 32.1. The van der Waals surface area contributed by atoms with Crippen molar-refractivity contribution in [2.75, 3.05) is 18.9 Å². The smallest absolute Gasteiger partial charge is 0.270 e. The van der Waals surface area contributed by atoms with E-state index in [4.69, 9.17) is 10.5 Å². The second-order valence-electron chi connectivity index (χ2n) is 4.12. The molecule has 17 heavy (non-hydrogen) atoms. The van der Waals surface area contributed by atoms with Gasteiger partial charge in [0.05, 0.1) is 6.10 Å². The van der Waals surface area contributed by atoms with Crippen LogP contribution < -0.4 is 11.1 Å². The van der Waals surface area contributed by atoms with Gasteiger partial charge in [0.1, 0.15) is 11.3 Å². The van der Waals surface area contributed by atoms with E-state index in [9.17, 15) is 9.90 Å². The van der Waals surface area contributed by atoms with E-state index in [1.807, 2.05) is 0 Å². The van der Waals surface area contributed by atoms with Crippen molar-refractivity contribution >= 4 is 22.4 Å². The topological polar surface area (TPSA) is 97.5 Å². The van der Waals surface area contributed by atoms with Crippen LogP contribution in [0.3, 0.4) is 0 Å². The highest BCUT2D eigenvalue weighted by Gasteiger charge is 2.39. The Balaban J connectivity index is 1.92. The Morgan fingerprint density at radius 2 is 2.65 bits per heavy atom. The lowest BCUT2D eigenvalue weighted by atomic mass is 9.97. The van der Waals surface area contributed by atoms with Crippen molar-refractivity contribution < 1.29 is 14.6 Å². The van der Waals surface area contributed by atoms with Crippen LogP contribution in [0.1, 0.15) is 23.8 Å². The normalized spacial score (nSPS) is 28.2. The maximum atomic E-state index is 11.7. The van der Waals surface area contributed by atoms with E-state index in [0.717, 1.165) is 0 Å². The van der Waals surface area contributed by atoms with Gasteiger partial charge in [-0.3, -0.25) is 4.79 Å². The van der Waals surface area contributed by atoms with Crippen LogP contribution in [-0.2, 0) is 4.74 Å². The van der Waals surface area contributed by atoms with E-state index in [1.165, 1.54) is 11.3 Å². The summed E-state index contributed by atoms with van der Waals surface area (Å²) < 4.78 is 5.28. The molecule has 0 radical (unpaired) electrons. The highest BCUT2D eigenvalue weighted by molar-refractivity contribution is 7.13. The largest absolute Gasteiger partial charge is 0.385 e. The minimum Gasteiger partial charge on any atom is -0.385 e. The number of thiazole rings is 1. The summed E-state index contributed by atoms with van der Waals surface area (Å²) in [5, 5.41) is 14.8. The SMILES string of the molecule is CC1OCCC1(O)CNC(=O)c1csc(N)n1. The number of hydrogen-bond donors (Lipinski definition) is 3. The fraction of sp³-hybridized carbons (Fsp3) is 0.600. The van der Waals surface area contributed by atoms with E-state index in [2.05, 4.69) is 10.3 Å². The van der Waals surface area contributed by atoms with Gasteiger partial charge in [0.2, 0.25) is 0 Å². The van der Waals surface area contributed by atoms with Gasteiger partial charge in [-0.05, 0) is 6.92 Å². The number of nitrogen functional groups attached to an aromatic ring is 1. The van der Waals surface area contributed by atoms with Gasteiger partial charge in [0, 0.05) is 25.0 Å². The Labute approximate surface area is 103 Å². The molecule has 4 N–H and O–H groups in total. The number of nitrogens with one attached hydrogen (secondary N) is 1. The highest BCUT2D eigenvalue weighted by Crippen LogP contribution is 2.24. The number of rotatable bonds is 3. The summed E-state index contributed by atoms with van der Waals surface area (Å²) in [5.74, 6) is -0.328. The Kier molecular flexibility index (Phi) is 3.32. The number of ether oxygens (including phenoxy) is 1. The molecule has 1 aromatic heterocycles. The van der Waals surface area contributed by atoms with Crippen LogP contribution in [0.4, 0.5) is 5.13 Å². The predicted molar refractivity (Wildman–Crippen MR) is 63.8 cm³/mol.